The van der Waals surface area contributed by atoms with Gasteiger partial charge in [-0.2, -0.15) is 10.1 Å². The molecule has 3 aromatic rings. The van der Waals surface area contributed by atoms with Crippen LogP contribution in [0.3, 0.4) is 0 Å². The maximum absolute atomic E-state index is 5.43. The van der Waals surface area contributed by atoms with Crippen molar-refractivity contribution in [2.24, 2.45) is 5.84 Å². The zero-order chi connectivity index (χ0) is 13.4. The molecule has 19 heavy (non-hydrogen) atoms. The predicted molar refractivity (Wildman–Crippen MR) is 76.5 cm³/mol. The van der Waals surface area contributed by atoms with Crippen LogP contribution >= 0.6 is 11.3 Å². The van der Waals surface area contributed by atoms with Crippen LogP contribution in [0.15, 0.2) is 18.5 Å². The van der Waals surface area contributed by atoms with E-state index in [1.807, 2.05) is 13.1 Å². The fourth-order valence-corrected chi connectivity index (χ4v) is 2.86. The molecule has 98 valence electrons. The Morgan fingerprint density at radius 2 is 2.26 bits per heavy atom. The number of nitrogens with two attached hydrogens (primary N) is 1. The van der Waals surface area contributed by atoms with E-state index in [0.717, 1.165) is 28.0 Å². The Morgan fingerprint density at radius 3 is 2.89 bits per heavy atom. The van der Waals surface area contributed by atoms with Crippen LogP contribution in [-0.4, -0.2) is 19.7 Å². The van der Waals surface area contributed by atoms with E-state index in [4.69, 9.17) is 5.84 Å². The summed E-state index contributed by atoms with van der Waals surface area (Å²) in [6.45, 7) is 4.12. The molecular formula is C12H14N6S. The molecule has 0 radical (unpaired) electrons. The van der Waals surface area contributed by atoms with Gasteiger partial charge in [0.1, 0.15) is 4.83 Å². The summed E-state index contributed by atoms with van der Waals surface area (Å²) in [6, 6.07) is 2.12. The summed E-state index contributed by atoms with van der Waals surface area (Å²) in [6.07, 6.45) is 4.71. The van der Waals surface area contributed by atoms with Crippen LogP contribution in [0.5, 0.6) is 0 Å². The van der Waals surface area contributed by atoms with E-state index in [0.29, 0.717) is 5.95 Å². The third-order valence-corrected chi connectivity index (χ3v) is 4.00. The highest BCUT2D eigenvalue weighted by Gasteiger charge is 2.13. The number of anilines is 1. The molecule has 0 aliphatic carbocycles. The topological polar surface area (TPSA) is 81.7 Å². The average Bonchev–Trinajstić information content (AvgIpc) is 3.02. The van der Waals surface area contributed by atoms with Crippen molar-refractivity contribution in [2.75, 3.05) is 5.43 Å². The lowest BCUT2D eigenvalue weighted by Crippen LogP contribution is -2.12. The van der Waals surface area contributed by atoms with E-state index < -0.39 is 0 Å². The van der Waals surface area contributed by atoms with Crippen LogP contribution in [0, 0.1) is 6.92 Å². The SMILES string of the molecule is CCc1cc2c(-n3cc(C)cn3)nc(NN)nc2s1. The molecule has 0 amide bonds. The molecule has 3 aromatic heterocycles. The summed E-state index contributed by atoms with van der Waals surface area (Å²) in [4.78, 5) is 11.0. The van der Waals surface area contributed by atoms with Crippen molar-refractivity contribution in [2.45, 2.75) is 20.3 Å². The highest BCUT2D eigenvalue weighted by molar-refractivity contribution is 7.18. The van der Waals surface area contributed by atoms with Gasteiger partial charge in [0.05, 0.1) is 11.6 Å². The minimum Gasteiger partial charge on any atom is -0.292 e. The van der Waals surface area contributed by atoms with Crippen LogP contribution < -0.4 is 11.3 Å². The molecule has 0 saturated heterocycles. The summed E-state index contributed by atoms with van der Waals surface area (Å²) in [7, 11) is 0. The lowest BCUT2D eigenvalue weighted by atomic mass is 10.3. The number of thiophene rings is 1. The number of hydrogen-bond donors (Lipinski definition) is 2. The number of aryl methyl sites for hydroxylation is 2. The van der Waals surface area contributed by atoms with Gasteiger partial charge >= 0.3 is 0 Å². The van der Waals surface area contributed by atoms with Crippen LogP contribution in [-0.2, 0) is 6.42 Å². The second kappa shape index (κ2) is 4.60. The highest BCUT2D eigenvalue weighted by atomic mass is 32.1. The van der Waals surface area contributed by atoms with Gasteiger partial charge in [0.25, 0.3) is 0 Å². The lowest BCUT2D eigenvalue weighted by Gasteiger charge is -2.04. The Balaban J connectivity index is 2.28. The molecule has 6 nitrogen and oxygen atoms in total. The van der Waals surface area contributed by atoms with E-state index in [9.17, 15) is 0 Å². The Bertz CT molecular complexity index is 729. The number of nitrogens with zero attached hydrogens (tertiary/aromatic N) is 4. The number of aromatic nitrogens is 4. The molecule has 3 N–H and O–H groups in total. The van der Waals surface area contributed by atoms with E-state index >= 15 is 0 Å². The molecule has 0 spiro atoms. The maximum atomic E-state index is 5.43. The minimum absolute atomic E-state index is 0.403. The Hall–Kier alpha value is -1.99. The molecular weight excluding hydrogens is 260 g/mol. The van der Waals surface area contributed by atoms with Gasteiger partial charge in [0.2, 0.25) is 5.95 Å². The smallest absolute Gasteiger partial charge is 0.240 e. The minimum atomic E-state index is 0.403. The molecule has 7 heteroatoms. The lowest BCUT2D eigenvalue weighted by molar-refractivity contribution is 0.851. The van der Waals surface area contributed by atoms with Crippen molar-refractivity contribution in [3.63, 3.8) is 0 Å². The summed E-state index contributed by atoms with van der Waals surface area (Å²) >= 11 is 1.65. The third-order valence-electron chi connectivity index (χ3n) is 2.83. The van der Waals surface area contributed by atoms with Gasteiger partial charge in [0, 0.05) is 11.1 Å². The first-order chi connectivity index (χ1) is 9.21. The van der Waals surface area contributed by atoms with E-state index in [-0.39, 0.29) is 0 Å². The largest absolute Gasteiger partial charge is 0.292 e. The Kier molecular flexibility index (Phi) is 2.92. The first kappa shape index (κ1) is 12.1. The average molecular weight is 274 g/mol. The first-order valence-corrected chi connectivity index (χ1v) is 6.81. The van der Waals surface area contributed by atoms with Crippen LogP contribution in [0.1, 0.15) is 17.4 Å². The highest BCUT2D eigenvalue weighted by Crippen LogP contribution is 2.29. The van der Waals surface area contributed by atoms with E-state index in [2.05, 4.69) is 33.5 Å². The van der Waals surface area contributed by atoms with E-state index in [1.54, 1.807) is 22.2 Å². The normalized spacial score (nSPS) is 11.1. The third kappa shape index (κ3) is 2.06. The standard InChI is InChI=1S/C12H14N6S/c1-3-8-4-9-10(18-6-7(2)5-14-18)15-12(17-13)16-11(9)19-8/h4-6H,3,13H2,1-2H3,(H,15,16,17). The number of hydrogen-bond acceptors (Lipinski definition) is 6. The van der Waals surface area contributed by atoms with Crippen molar-refractivity contribution in [3.05, 3.63) is 28.9 Å². The van der Waals surface area contributed by atoms with Gasteiger partial charge in [-0.25, -0.2) is 15.5 Å². The van der Waals surface area contributed by atoms with Crippen LogP contribution in [0.25, 0.3) is 16.0 Å². The number of hydrazine groups is 1. The van der Waals surface area contributed by atoms with Gasteiger partial charge in [-0.1, -0.05) is 6.92 Å². The molecule has 0 saturated carbocycles. The summed E-state index contributed by atoms with van der Waals surface area (Å²) in [5, 5.41) is 5.31. The molecule has 0 unspecified atom stereocenters. The molecule has 0 aliphatic rings. The van der Waals surface area contributed by atoms with Gasteiger partial charge < -0.3 is 0 Å². The molecule has 0 atom stereocenters. The predicted octanol–water partition coefficient (Wildman–Crippen LogP) is 2.03. The van der Waals surface area contributed by atoms with Gasteiger partial charge in [-0.3, -0.25) is 5.43 Å². The summed E-state index contributed by atoms with van der Waals surface area (Å²) < 4.78 is 1.76. The Morgan fingerprint density at radius 1 is 1.42 bits per heavy atom. The van der Waals surface area contributed by atoms with Crippen LogP contribution in [0.4, 0.5) is 5.95 Å². The van der Waals surface area contributed by atoms with Crippen molar-refractivity contribution in [3.8, 4) is 5.82 Å². The molecule has 0 aliphatic heterocycles. The fourth-order valence-electron chi connectivity index (χ4n) is 1.90. The van der Waals surface area contributed by atoms with Crippen molar-refractivity contribution >= 4 is 27.5 Å². The van der Waals surface area contributed by atoms with E-state index in [1.165, 1.54) is 4.88 Å². The first-order valence-electron chi connectivity index (χ1n) is 6.00. The zero-order valence-corrected chi connectivity index (χ0v) is 11.5. The van der Waals surface area contributed by atoms with Gasteiger partial charge in [-0.15, -0.1) is 11.3 Å². The summed E-state index contributed by atoms with van der Waals surface area (Å²) in [5.41, 5.74) is 3.59. The monoisotopic (exact) mass is 274 g/mol. The maximum Gasteiger partial charge on any atom is 0.240 e. The number of nitrogens with one attached hydrogen (secondary N) is 1. The molecule has 0 fully saturated rings. The van der Waals surface area contributed by atoms with Gasteiger partial charge in [-0.05, 0) is 25.0 Å². The fraction of sp³-hybridized carbons (Fsp3) is 0.250. The molecule has 3 rings (SSSR count). The van der Waals surface area contributed by atoms with Crippen molar-refractivity contribution in [1.82, 2.24) is 19.7 Å². The van der Waals surface area contributed by atoms with Crippen molar-refractivity contribution in [1.29, 1.82) is 0 Å². The Labute approximate surface area is 114 Å². The number of rotatable bonds is 3. The summed E-state index contributed by atoms with van der Waals surface area (Å²) in [5.74, 6) is 6.59. The molecule has 0 bridgehead atoms. The number of nitrogen functional groups attached to an aromatic ring is 1. The van der Waals surface area contributed by atoms with Gasteiger partial charge in [0.15, 0.2) is 5.82 Å². The van der Waals surface area contributed by atoms with Crippen LogP contribution in [0.2, 0.25) is 0 Å². The second-order valence-electron chi connectivity index (χ2n) is 4.26. The number of fused-ring (bicyclic) bond motifs is 1. The quantitative estimate of drug-likeness (QED) is 0.564. The second-order valence-corrected chi connectivity index (χ2v) is 5.38. The molecule has 3 heterocycles. The zero-order valence-electron chi connectivity index (χ0n) is 10.7. The molecule has 0 aromatic carbocycles. The van der Waals surface area contributed by atoms with Crippen molar-refractivity contribution < 1.29 is 0 Å².